The molecule has 0 spiro atoms. The summed E-state index contributed by atoms with van der Waals surface area (Å²) >= 11 is 3.43. The molecule has 0 saturated heterocycles. The van der Waals surface area contributed by atoms with Crippen LogP contribution in [0.2, 0.25) is 0 Å². The Bertz CT molecular complexity index is 532. The Morgan fingerprint density at radius 1 is 1.39 bits per heavy atom. The van der Waals surface area contributed by atoms with Gasteiger partial charge in [-0.25, -0.2) is 4.98 Å². The van der Waals surface area contributed by atoms with Crippen LogP contribution in [0.3, 0.4) is 0 Å². The van der Waals surface area contributed by atoms with Crippen molar-refractivity contribution < 1.29 is 9.15 Å². The largest absolute Gasteiger partial charge is 0.495 e. The fourth-order valence-corrected chi connectivity index (χ4v) is 1.97. The number of oxazole rings is 1. The number of aromatic nitrogens is 1. The Kier molecular flexibility index (Phi) is 3.91. The Morgan fingerprint density at radius 2 is 2.17 bits per heavy atom. The highest BCUT2D eigenvalue weighted by atomic mass is 79.9. The van der Waals surface area contributed by atoms with Crippen molar-refractivity contribution in [2.45, 2.75) is 20.4 Å². The number of nitrogens with zero attached hydrogens (tertiary/aromatic N) is 1. The predicted octanol–water partition coefficient (Wildman–Crippen LogP) is 3.67. The summed E-state index contributed by atoms with van der Waals surface area (Å²) in [5.41, 5.74) is 1.83. The van der Waals surface area contributed by atoms with Gasteiger partial charge in [-0.05, 0) is 32.0 Å². The lowest BCUT2D eigenvalue weighted by molar-refractivity contribution is 0.416. The van der Waals surface area contributed by atoms with Gasteiger partial charge in [0.05, 0.1) is 25.0 Å². The molecule has 1 heterocycles. The summed E-state index contributed by atoms with van der Waals surface area (Å²) in [6.45, 7) is 4.37. The number of anilines is 1. The Hall–Kier alpha value is -1.49. The molecule has 0 atom stereocenters. The van der Waals surface area contributed by atoms with Crippen molar-refractivity contribution in [3.8, 4) is 5.75 Å². The van der Waals surface area contributed by atoms with Gasteiger partial charge in [0, 0.05) is 4.47 Å². The maximum Gasteiger partial charge on any atom is 0.213 e. The van der Waals surface area contributed by atoms with Crippen LogP contribution >= 0.6 is 15.9 Å². The molecule has 5 heteroatoms. The van der Waals surface area contributed by atoms with E-state index in [1.165, 1.54) is 0 Å². The van der Waals surface area contributed by atoms with Crippen LogP contribution in [-0.4, -0.2) is 12.1 Å². The number of aryl methyl sites for hydroxylation is 2. The molecule has 0 bridgehead atoms. The summed E-state index contributed by atoms with van der Waals surface area (Å²) in [6.07, 6.45) is 0. The van der Waals surface area contributed by atoms with Gasteiger partial charge in [-0.15, -0.1) is 0 Å². The molecule has 0 aliphatic rings. The molecule has 4 nitrogen and oxygen atoms in total. The van der Waals surface area contributed by atoms with Crippen LogP contribution < -0.4 is 10.1 Å². The summed E-state index contributed by atoms with van der Waals surface area (Å²) in [7, 11) is 1.65. The molecule has 2 rings (SSSR count). The van der Waals surface area contributed by atoms with Crippen molar-refractivity contribution in [1.29, 1.82) is 0 Å². The van der Waals surface area contributed by atoms with Gasteiger partial charge in [-0.2, -0.15) is 0 Å². The lowest BCUT2D eigenvalue weighted by Gasteiger charge is -2.10. The van der Waals surface area contributed by atoms with Gasteiger partial charge in [0.2, 0.25) is 5.89 Å². The fourth-order valence-electron chi connectivity index (χ4n) is 1.60. The average molecular weight is 311 g/mol. The van der Waals surface area contributed by atoms with E-state index in [1.807, 2.05) is 32.0 Å². The van der Waals surface area contributed by atoms with Crippen LogP contribution in [-0.2, 0) is 6.54 Å². The summed E-state index contributed by atoms with van der Waals surface area (Å²) in [6, 6.07) is 5.80. The third-order valence-electron chi connectivity index (χ3n) is 2.66. The normalized spacial score (nSPS) is 10.4. The zero-order valence-corrected chi connectivity index (χ0v) is 12.2. The molecule has 0 aliphatic heterocycles. The minimum absolute atomic E-state index is 0.529. The van der Waals surface area contributed by atoms with Gasteiger partial charge in [0.1, 0.15) is 11.5 Å². The number of rotatable bonds is 4. The van der Waals surface area contributed by atoms with E-state index in [0.717, 1.165) is 27.4 Å². The maximum atomic E-state index is 5.51. The molecule has 96 valence electrons. The zero-order valence-electron chi connectivity index (χ0n) is 10.6. The Morgan fingerprint density at radius 3 is 2.78 bits per heavy atom. The van der Waals surface area contributed by atoms with Gasteiger partial charge >= 0.3 is 0 Å². The van der Waals surface area contributed by atoms with E-state index >= 15 is 0 Å². The maximum absolute atomic E-state index is 5.51. The standard InChI is InChI=1S/C13H15BrN2O2/c1-8-9(2)18-13(16-8)7-15-11-6-10(14)4-5-12(11)17-3/h4-6,15H,7H2,1-3H3. The molecule has 0 amide bonds. The van der Waals surface area contributed by atoms with E-state index in [9.17, 15) is 0 Å². The molecular weight excluding hydrogens is 296 g/mol. The molecular formula is C13H15BrN2O2. The summed E-state index contributed by atoms with van der Waals surface area (Å²) in [5.74, 6) is 2.32. The second-order valence-corrected chi connectivity index (χ2v) is 4.86. The summed E-state index contributed by atoms with van der Waals surface area (Å²) in [5, 5.41) is 3.25. The van der Waals surface area contributed by atoms with Crippen molar-refractivity contribution in [3.05, 3.63) is 40.0 Å². The first-order chi connectivity index (χ1) is 8.60. The first-order valence-electron chi connectivity index (χ1n) is 5.60. The fraction of sp³-hybridized carbons (Fsp3) is 0.308. The van der Waals surface area contributed by atoms with E-state index in [4.69, 9.17) is 9.15 Å². The molecule has 0 fully saturated rings. The molecule has 1 aromatic carbocycles. The van der Waals surface area contributed by atoms with Crippen LogP contribution in [0.25, 0.3) is 0 Å². The number of halogens is 1. The molecule has 2 aromatic rings. The van der Waals surface area contributed by atoms with Crippen LogP contribution in [0.5, 0.6) is 5.75 Å². The number of nitrogens with one attached hydrogen (secondary N) is 1. The van der Waals surface area contributed by atoms with Gasteiger partial charge in [0.15, 0.2) is 0 Å². The highest BCUT2D eigenvalue weighted by molar-refractivity contribution is 9.10. The SMILES string of the molecule is COc1ccc(Br)cc1NCc1nc(C)c(C)o1. The second kappa shape index (κ2) is 5.44. The number of ether oxygens (including phenoxy) is 1. The van der Waals surface area contributed by atoms with E-state index < -0.39 is 0 Å². The number of hydrogen-bond donors (Lipinski definition) is 1. The summed E-state index contributed by atoms with van der Waals surface area (Å²) < 4.78 is 11.8. The van der Waals surface area contributed by atoms with Crippen molar-refractivity contribution in [2.24, 2.45) is 0 Å². The second-order valence-electron chi connectivity index (χ2n) is 3.95. The predicted molar refractivity (Wildman–Crippen MR) is 74.0 cm³/mol. The number of benzene rings is 1. The first-order valence-corrected chi connectivity index (χ1v) is 6.39. The van der Waals surface area contributed by atoms with E-state index in [2.05, 4.69) is 26.2 Å². The zero-order chi connectivity index (χ0) is 13.1. The third kappa shape index (κ3) is 2.85. The lowest BCUT2D eigenvalue weighted by Crippen LogP contribution is -2.01. The van der Waals surface area contributed by atoms with Crippen LogP contribution in [0.1, 0.15) is 17.3 Å². The van der Waals surface area contributed by atoms with Gasteiger partial charge in [-0.3, -0.25) is 0 Å². The highest BCUT2D eigenvalue weighted by Gasteiger charge is 2.07. The number of hydrogen-bond acceptors (Lipinski definition) is 4. The highest BCUT2D eigenvalue weighted by Crippen LogP contribution is 2.28. The molecule has 1 aromatic heterocycles. The van der Waals surface area contributed by atoms with Crippen LogP contribution in [0.15, 0.2) is 27.1 Å². The van der Waals surface area contributed by atoms with Crippen molar-refractivity contribution >= 4 is 21.6 Å². The van der Waals surface area contributed by atoms with E-state index in [1.54, 1.807) is 7.11 Å². The van der Waals surface area contributed by atoms with Gasteiger partial charge < -0.3 is 14.5 Å². The van der Waals surface area contributed by atoms with Crippen molar-refractivity contribution in [2.75, 3.05) is 12.4 Å². The minimum atomic E-state index is 0.529. The first kappa shape index (κ1) is 13.0. The minimum Gasteiger partial charge on any atom is -0.495 e. The molecule has 0 unspecified atom stereocenters. The monoisotopic (exact) mass is 310 g/mol. The quantitative estimate of drug-likeness (QED) is 0.936. The van der Waals surface area contributed by atoms with Gasteiger partial charge in [0.25, 0.3) is 0 Å². The average Bonchev–Trinajstić information content (AvgIpc) is 2.66. The van der Waals surface area contributed by atoms with Crippen LogP contribution in [0, 0.1) is 13.8 Å². The van der Waals surface area contributed by atoms with E-state index in [0.29, 0.717) is 12.4 Å². The van der Waals surface area contributed by atoms with Gasteiger partial charge in [-0.1, -0.05) is 15.9 Å². The topological polar surface area (TPSA) is 47.3 Å². The van der Waals surface area contributed by atoms with E-state index in [-0.39, 0.29) is 0 Å². The molecule has 0 saturated carbocycles. The lowest BCUT2D eigenvalue weighted by atomic mass is 10.3. The third-order valence-corrected chi connectivity index (χ3v) is 3.16. The Balaban J connectivity index is 2.12. The molecule has 0 aliphatic carbocycles. The van der Waals surface area contributed by atoms with Crippen molar-refractivity contribution in [1.82, 2.24) is 4.98 Å². The number of methoxy groups -OCH3 is 1. The van der Waals surface area contributed by atoms with Crippen molar-refractivity contribution in [3.63, 3.8) is 0 Å². The molecule has 1 N–H and O–H groups in total. The molecule has 0 radical (unpaired) electrons. The summed E-state index contributed by atoms with van der Waals surface area (Å²) in [4.78, 5) is 4.32. The Labute approximate surface area is 114 Å². The molecule has 18 heavy (non-hydrogen) atoms. The smallest absolute Gasteiger partial charge is 0.213 e. The van der Waals surface area contributed by atoms with Crippen LogP contribution in [0.4, 0.5) is 5.69 Å².